The molecule has 1 amide bonds. The molecule has 0 atom stereocenters. The molecule has 0 aliphatic heterocycles. The highest BCUT2D eigenvalue weighted by Crippen LogP contribution is 2.24. The molecule has 6 nitrogen and oxygen atoms in total. The van der Waals surface area contributed by atoms with E-state index in [1.807, 2.05) is 60.0 Å². The van der Waals surface area contributed by atoms with Gasteiger partial charge in [0.15, 0.2) is 6.61 Å². The van der Waals surface area contributed by atoms with Crippen molar-refractivity contribution >= 4 is 17.2 Å². The Morgan fingerprint density at radius 3 is 2.57 bits per heavy atom. The Hall–Kier alpha value is -3.45. The average Bonchev–Trinajstić information content (AvgIpc) is 3.44. The maximum atomic E-state index is 11.9. The van der Waals surface area contributed by atoms with Crippen LogP contribution in [0.1, 0.15) is 4.88 Å². The van der Waals surface area contributed by atoms with Crippen molar-refractivity contribution < 1.29 is 14.1 Å². The summed E-state index contributed by atoms with van der Waals surface area (Å²) in [5.41, 5.74) is 1.68. The number of nitrogens with one attached hydrogen (secondary N) is 1. The smallest absolute Gasteiger partial charge is 0.258 e. The zero-order valence-electron chi connectivity index (χ0n) is 14.9. The standard InChI is InChI=1S/C21H17N3O3S/c25-19(22-13-18-7-4-12-28-18)14-26-17-10-8-16(9-11-17)21-23-20(24-27-21)15-5-2-1-3-6-15/h1-12H,13-14H2,(H,22,25). The van der Waals surface area contributed by atoms with E-state index in [0.717, 1.165) is 16.0 Å². The first kappa shape index (κ1) is 17.9. The largest absolute Gasteiger partial charge is 0.484 e. The van der Waals surface area contributed by atoms with Crippen LogP contribution < -0.4 is 10.1 Å². The van der Waals surface area contributed by atoms with Gasteiger partial charge >= 0.3 is 0 Å². The molecular weight excluding hydrogens is 374 g/mol. The van der Waals surface area contributed by atoms with E-state index in [1.165, 1.54) is 0 Å². The lowest BCUT2D eigenvalue weighted by atomic mass is 10.2. The van der Waals surface area contributed by atoms with Crippen LogP contribution in [0.15, 0.2) is 76.6 Å². The lowest BCUT2D eigenvalue weighted by Gasteiger charge is -2.07. The minimum Gasteiger partial charge on any atom is -0.484 e. The first-order valence-corrected chi connectivity index (χ1v) is 9.57. The minimum atomic E-state index is -0.165. The monoisotopic (exact) mass is 391 g/mol. The third kappa shape index (κ3) is 4.44. The molecule has 1 N–H and O–H groups in total. The Labute approximate surface area is 165 Å². The van der Waals surface area contributed by atoms with E-state index >= 15 is 0 Å². The molecule has 2 heterocycles. The number of carbonyl (C=O) groups excluding carboxylic acids is 1. The van der Waals surface area contributed by atoms with Gasteiger partial charge < -0.3 is 14.6 Å². The summed E-state index contributed by atoms with van der Waals surface area (Å²) in [4.78, 5) is 17.4. The van der Waals surface area contributed by atoms with Crippen LogP contribution >= 0.6 is 11.3 Å². The quantitative estimate of drug-likeness (QED) is 0.512. The number of hydrogen-bond donors (Lipinski definition) is 1. The van der Waals surface area contributed by atoms with Gasteiger partial charge in [0.1, 0.15) is 5.75 Å². The number of thiophene rings is 1. The molecule has 0 aliphatic rings. The highest BCUT2D eigenvalue weighted by atomic mass is 32.1. The zero-order chi connectivity index (χ0) is 19.2. The lowest BCUT2D eigenvalue weighted by Crippen LogP contribution is -2.28. The first-order chi connectivity index (χ1) is 13.8. The predicted octanol–water partition coefficient (Wildman–Crippen LogP) is 4.16. The molecule has 0 spiro atoms. The van der Waals surface area contributed by atoms with Crippen molar-refractivity contribution in [2.24, 2.45) is 0 Å². The third-order valence-corrected chi connectivity index (χ3v) is 4.85. The second-order valence-electron chi connectivity index (χ2n) is 5.96. The fraction of sp³-hybridized carbons (Fsp3) is 0.0952. The van der Waals surface area contributed by atoms with Crippen LogP contribution in [-0.4, -0.2) is 22.7 Å². The molecule has 2 aromatic carbocycles. The van der Waals surface area contributed by atoms with Gasteiger partial charge in [-0.25, -0.2) is 0 Å². The van der Waals surface area contributed by atoms with Crippen LogP contribution in [0.3, 0.4) is 0 Å². The van der Waals surface area contributed by atoms with Crippen LogP contribution in [0.2, 0.25) is 0 Å². The van der Waals surface area contributed by atoms with Gasteiger partial charge in [0.2, 0.25) is 5.82 Å². The van der Waals surface area contributed by atoms with Crippen LogP contribution in [0.5, 0.6) is 5.75 Å². The van der Waals surface area contributed by atoms with Gasteiger partial charge in [0.25, 0.3) is 11.8 Å². The van der Waals surface area contributed by atoms with Crippen LogP contribution in [0, 0.1) is 0 Å². The molecule has 0 fully saturated rings. The lowest BCUT2D eigenvalue weighted by molar-refractivity contribution is -0.123. The average molecular weight is 391 g/mol. The molecule has 2 aromatic heterocycles. The Bertz CT molecular complexity index is 1030. The normalized spacial score (nSPS) is 10.6. The summed E-state index contributed by atoms with van der Waals surface area (Å²) < 4.78 is 10.9. The van der Waals surface area contributed by atoms with Crippen LogP contribution in [0.25, 0.3) is 22.8 Å². The summed E-state index contributed by atoms with van der Waals surface area (Å²) in [5, 5.41) is 8.82. The molecule has 4 rings (SSSR count). The predicted molar refractivity (Wildman–Crippen MR) is 107 cm³/mol. The van der Waals surface area contributed by atoms with E-state index in [9.17, 15) is 4.79 Å². The number of nitrogens with zero attached hydrogens (tertiary/aromatic N) is 2. The van der Waals surface area contributed by atoms with Crippen LogP contribution in [0.4, 0.5) is 0 Å². The molecule has 4 aromatic rings. The summed E-state index contributed by atoms with van der Waals surface area (Å²) in [6, 6.07) is 20.8. The number of aromatic nitrogens is 2. The van der Waals surface area contributed by atoms with Gasteiger partial charge in [0, 0.05) is 16.0 Å². The second-order valence-corrected chi connectivity index (χ2v) is 6.99. The fourth-order valence-corrected chi connectivity index (χ4v) is 3.18. The van der Waals surface area contributed by atoms with E-state index in [-0.39, 0.29) is 12.5 Å². The van der Waals surface area contributed by atoms with Gasteiger partial charge in [-0.05, 0) is 35.7 Å². The maximum absolute atomic E-state index is 11.9. The van der Waals surface area contributed by atoms with Crippen molar-refractivity contribution in [1.29, 1.82) is 0 Å². The molecule has 0 unspecified atom stereocenters. The van der Waals surface area contributed by atoms with E-state index in [0.29, 0.717) is 24.0 Å². The molecule has 140 valence electrons. The van der Waals surface area contributed by atoms with Gasteiger partial charge in [-0.1, -0.05) is 41.6 Å². The van der Waals surface area contributed by atoms with Crippen molar-refractivity contribution in [2.45, 2.75) is 6.54 Å². The first-order valence-electron chi connectivity index (χ1n) is 8.69. The van der Waals surface area contributed by atoms with Gasteiger partial charge in [-0.15, -0.1) is 11.3 Å². The number of carbonyl (C=O) groups is 1. The zero-order valence-corrected chi connectivity index (χ0v) is 15.7. The third-order valence-electron chi connectivity index (χ3n) is 3.97. The summed E-state index contributed by atoms with van der Waals surface area (Å²) in [6.07, 6.45) is 0. The van der Waals surface area contributed by atoms with Gasteiger partial charge in [-0.2, -0.15) is 4.98 Å². The molecule has 0 bridgehead atoms. The maximum Gasteiger partial charge on any atom is 0.258 e. The number of hydrogen-bond acceptors (Lipinski definition) is 6. The summed E-state index contributed by atoms with van der Waals surface area (Å²) in [6.45, 7) is 0.475. The molecule has 0 radical (unpaired) electrons. The summed E-state index contributed by atoms with van der Waals surface area (Å²) in [7, 11) is 0. The fourth-order valence-electron chi connectivity index (χ4n) is 2.54. The summed E-state index contributed by atoms with van der Waals surface area (Å²) >= 11 is 1.60. The highest BCUT2D eigenvalue weighted by Gasteiger charge is 2.11. The van der Waals surface area contributed by atoms with Crippen molar-refractivity contribution in [3.63, 3.8) is 0 Å². The van der Waals surface area contributed by atoms with E-state index in [1.54, 1.807) is 23.5 Å². The number of rotatable bonds is 7. The highest BCUT2D eigenvalue weighted by molar-refractivity contribution is 7.09. The number of ether oxygens (including phenoxy) is 1. The van der Waals surface area contributed by atoms with E-state index in [2.05, 4.69) is 15.5 Å². The minimum absolute atomic E-state index is 0.0383. The molecule has 0 saturated carbocycles. The molecular formula is C21H17N3O3S. The van der Waals surface area contributed by atoms with Gasteiger partial charge in [-0.3, -0.25) is 4.79 Å². The van der Waals surface area contributed by atoms with Crippen molar-refractivity contribution in [3.8, 4) is 28.6 Å². The van der Waals surface area contributed by atoms with Gasteiger partial charge in [0.05, 0.1) is 6.54 Å². The molecule has 28 heavy (non-hydrogen) atoms. The Kier molecular flexibility index (Phi) is 5.44. The second kappa shape index (κ2) is 8.49. The summed E-state index contributed by atoms with van der Waals surface area (Å²) in [5.74, 6) is 1.40. The molecule has 0 aliphatic carbocycles. The Balaban J connectivity index is 1.32. The van der Waals surface area contributed by atoms with Crippen molar-refractivity contribution in [1.82, 2.24) is 15.5 Å². The Morgan fingerprint density at radius 2 is 1.82 bits per heavy atom. The van der Waals surface area contributed by atoms with Crippen molar-refractivity contribution in [3.05, 3.63) is 77.0 Å². The van der Waals surface area contributed by atoms with E-state index < -0.39 is 0 Å². The van der Waals surface area contributed by atoms with E-state index in [4.69, 9.17) is 9.26 Å². The molecule has 0 saturated heterocycles. The van der Waals surface area contributed by atoms with Crippen LogP contribution in [-0.2, 0) is 11.3 Å². The molecule has 7 heteroatoms. The number of benzene rings is 2. The van der Waals surface area contributed by atoms with Crippen molar-refractivity contribution in [2.75, 3.05) is 6.61 Å². The number of amides is 1. The SMILES string of the molecule is O=C(COc1ccc(-c2nc(-c3ccccc3)no2)cc1)NCc1cccs1. The topological polar surface area (TPSA) is 77.2 Å². The Morgan fingerprint density at radius 1 is 1.00 bits per heavy atom.